The molecular weight excluding hydrogens is 212 g/mol. The van der Waals surface area contributed by atoms with Crippen LogP contribution in [0.15, 0.2) is 0 Å². The van der Waals surface area contributed by atoms with Gasteiger partial charge in [0, 0.05) is 32.3 Å². The Morgan fingerprint density at radius 1 is 1.29 bits per heavy atom. The van der Waals surface area contributed by atoms with Crippen molar-refractivity contribution in [2.75, 3.05) is 26.2 Å². The summed E-state index contributed by atoms with van der Waals surface area (Å²) in [5.74, 6) is 0. The molecule has 0 bridgehead atoms. The zero-order valence-corrected chi connectivity index (χ0v) is 12.0. The Hall–Kier alpha value is -0.120. The topological polar surface area (TPSA) is 38.5 Å². The summed E-state index contributed by atoms with van der Waals surface area (Å²) in [6.07, 6.45) is 3.98. The van der Waals surface area contributed by atoms with Gasteiger partial charge in [0.2, 0.25) is 0 Å². The monoisotopic (exact) mass is 242 g/mol. The summed E-state index contributed by atoms with van der Waals surface area (Å²) >= 11 is 0. The average Bonchev–Trinajstić information content (AvgIpc) is 2.26. The maximum atomic E-state index is 5.93. The Kier molecular flexibility index (Phi) is 5.90. The Balaban J connectivity index is 2.40. The summed E-state index contributed by atoms with van der Waals surface area (Å²) in [4.78, 5) is 2.56. The molecule has 3 heteroatoms. The fourth-order valence-corrected chi connectivity index (χ4v) is 2.71. The number of nitrogens with zero attached hydrogens (tertiary/aromatic N) is 1. The van der Waals surface area contributed by atoms with Crippen LogP contribution < -0.4 is 5.73 Å². The quantitative estimate of drug-likeness (QED) is 0.803. The summed E-state index contributed by atoms with van der Waals surface area (Å²) in [5, 5.41) is 0. The molecule has 1 saturated heterocycles. The largest absolute Gasteiger partial charge is 0.378 e. The maximum absolute atomic E-state index is 5.93. The van der Waals surface area contributed by atoms with Crippen molar-refractivity contribution in [3.63, 3.8) is 0 Å². The fraction of sp³-hybridized carbons (Fsp3) is 1.00. The number of hydrogen-bond donors (Lipinski definition) is 1. The second-order valence-electron chi connectivity index (χ2n) is 6.34. The predicted molar refractivity (Wildman–Crippen MR) is 73.1 cm³/mol. The van der Waals surface area contributed by atoms with Crippen LogP contribution in [-0.2, 0) is 4.74 Å². The van der Waals surface area contributed by atoms with E-state index in [1.54, 1.807) is 0 Å². The molecule has 0 spiro atoms. The first-order chi connectivity index (χ1) is 7.96. The Morgan fingerprint density at radius 2 is 1.88 bits per heavy atom. The first-order valence-corrected chi connectivity index (χ1v) is 7.02. The Labute approximate surface area is 107 Å². The van der Waals surface area contributed by atoms with Gasteiger partial charge in [-0.1, -0.05) is 20.8 Å². The lowest BCUT2D eigenvalue weighted by Crippen LogP contribution is -2.48. The van der Waals surface area contributed by atoms with Gasteiger partial charge in [-0.05, 0) is 31.6 Å². The van der Waals surface area contributed by atoms with Crippen LogP contribution in [0, 0.1) is 5.41 Å². The molecule has 1 aliphatic heterocycles. The highest BCUT2D eigenvalue weighted by Crippen LogP contribution is 2.25. The molecule has 1 fully saturated rings. The van der Waals surface area contributed by atoms with E-state index in [0.717, 1.165) is 39.1 Å². The Bertz CT molecular complexity index is 205. The van der Waals surface area contributed by atoms with Gasteiger partial charge < -0.3 is 10.5 Å². The van der Waals surface area contributed by atoms with Gasteiger partial charge in [-0.15, -0.1) is 0 Å². The van der Waals surface area contributed by atoms with Crippen LogP contribution in [0.1, 0.15) is 47.0 Å². The van der Waals surface area contributed by atoms with Gasteiger partial charge in [-0.25, -0.2) is 0 Å². The van der Waals surface area contributed by atoms with Gasteiger partial charge in [0.15, 0.2) is 0 Å². The summed E-state index contributed by atoms with van der Waals surface area (Å²) < 4.78 is 5.69. The van der Waals surface area contributed by atoms with E-state index in [1.807, 2.05) is 0 Å². The highest BCUT2D eigenvalue weighted by Gasteiger charge is 2.27. The second kappa shape index (κ2) is 6.72. The Morgan fingerprint density at radius 3 is 2.29 bits per heavy atom. The van der Waals surface area contributed by atoms with Gasteiger partial charge >= 0.3 is 0 Å². The van der Waals surface area contributed by atoms with Gasteiger partial charge in [0.05, 0.1) is 6.10 Å². The van der Waals surface area contributed by atoms with E-state index < -0.39 is 0 Å². The van der Waals surface area contributed by atoms with Crippen molar-refractivity contribution in [1.29, 1.82) is 0 Å². The van der Waals surface area contributed by atoms with Crippen LogP contribution >= 0.6 is 0 Å². The van der Waals surface area contributed by atoms with Gasteiger partial charge in [-0.3, -0.25) is 4.90 Å². The fourth-order valence-electron chi connectivity index (χ4n) is 2.71. The summed E-state index contributed by atoms with van der Waals surface area (Å²) in [6.45, 7) is 12.9. The molecule has 0 aromatic carbocycles. The number of likely N-dealkylation sites (tertiary alicyclic amines) is 1. The number of piperidine rings is 1. The zero-order valence-electron chi connectivity index (χ0n) is 12.0. The number of ether oxygens (including phenoxy) is 1. The minimum Gasteiger partial charge on any atom is -0.378 e. The van der Waals surface area contributed by atoms with E-state index in [9.17, 15) is 0 Å². The van der Waals surface area contributed by atoms with E-state index in [2.05, 4.69) is 32.6 Å². The third-order valence-electron chi connectivity index (χ3n) is 3.52. The van der Waals surface area contributed by atoms with E-state index in [0.29, 0.717) is 17.6 Å². The molecule has 0 aliphatic carbocycles. The minimum atomic E-state index is 0.362. The molecule has 3 nitrogen and oxygen atoms in total. The lowest BCUT2D eigenvalue weighted by Gasteiger charge is -2.39. The lowest BCUT2D eigenvalue weighted by atomic mass is 9.87. The zero-order chi connectivity index (χ0) is 12.9. The SMILES string of the molecule is CCOC1CCN(C(CN)CC(C)(C)C)CC1. The van der Waals surface area contributed by atoms with E-state index >= 15 is 0 Å². The van der Waals surface area contributed by atoms with Crippen molar-refractivity contribution in [2.24, 2.45) is 11.1 Å². The van der Waals surface area contributed by atoms with Crippen molar-refractivity contribution in [2.45, 2.75) is 59.1 Å². The number of hydrogen-bond acceptors (Lipinski definition) is 3. The number of rotatable bonds is 5. The summed E-state index contributed by atoms with van der Waals surface area (Å²) in [7, 11) is 0. The van der Waals surface area contributed by atoms with Gasteiger partial charge in [0.1, 0.15) is 0 Å². The van der Waals surface area contributed by atoms with Crippen LogP contribution in [-0.4, -0.2) is 43.3 Å². The molecule has 102 valence electrons. The van der Waals surface area contributed by atoms with Gasteiger partial charge in [0.25, 0.3) is 0 Å². The molecule has 0 aromatic rings. The van der Waals surface area contributed by atoms with Gasteiger partial charge in [-0.2, -0.15) is 0 Å². The predicted octanol–water partition coefficient (Wildman–Crippen LogP) is 2.25. The lowest BCUT2D eigenvalue weighted by molar-refractivity contribution is 0.000504. The number of nitrogens with two attached hydrogens (primary N) is 1. The normalized spacial score (nSPS) is 21.7. The van der Waals surface area contributed by atoms with Crippen LogP contribution in [0.2, 0.25) is 0 Å². The minimum absolute atomic E-state index is 0.362. The first kappa shape index (κ1) is 14.9. The molecule has 1 aliphatic rings. The van der Waals surface area contributed by atoms with E-state index in [1.165, 1.54) is 6.42 Å². The van der Waals surface area contributed by atoms with E-state index in [-0.39, 0.29) is 0 Å². The first-order valence-electron chi connectivity index (χ1n) is 7.02. The highest BCUT2D eigenvalue weighted by molar-refractivity contribution is 4.82. The summed E-state index contributed by atoms with van der Waals surface area (Å²) in [6, 6.07) is 0.539. The molecule has 0 amide bonds. The third kappa shape index (κ3) is 5.36. The van der Waals surface area contributed by atoms with Crippen molar-refractivity contribution in [3.8, 4) is 0 Å². The van der Waals surface area contributed by atoms with Crippen LogP contribution in [0.25, 0.3) is 0 Å². The van der Waals surface area contributed by atoms with E-state index in [4.69, 9.17) is 10.5 Å². The van der Waals surface area contributed by atoms with Crippen LogP contribution in [0.3, 0.4) is 0 Å². The van der Waals surface area contributed by atoms with Crippen LogP contribution in [0.4, 0.5) is 0 Å². The molecule has 1 heterocycles. The standard InChI is InChI=1S/C14H30N2O/c1-5-17-13-6-8-16(9-7-13)12(11-15)10-14(2,3)4/h12-13H,5-11,15H2,1-4H3. The molecule has 1 rings (SSSR count). The molecule has 1 unspecified atom stereocenters. The average molecular weight is 242 g/mol. The highest BCUT2D eigenvalue weighted by atomic mass is 16.5. The van der Waals surface area contributed by atoms with Crippen molar-refractivity contribution in [1.82, 2.24) is 4.90 Å². The third-order valence-corrected chi connectivity index (χ3v) is 3.52. The maximum Gasteiger partial charge on any atom is 0.0599 e. The molecule has 17 heavy (non-hydrogen) atoms. The molecule has 0 aromatic heterocycles. The molecule has 0 saturated carbocycles. The van der Waals surface area contributed by atoms with Crippen molar-refractivity contribution >= 4 is 0 Å². The summed E-state index contributed by atoms with van der Waals surface area (Å²) in [5.41, 5.74) is 6.29. The molecule has 2 N–H and O–H groups in total. The van der Waals surface area contributed by atoms with Crippen molar-refractivity contribution in [3.05, 3.63) is 0 Å². The van der Waals surface area contributed by atoms with Crippen LogP contribution in [0.5, 0.6) is 0 Å². The smallest absolute Gasteiger partial charge is 0.0599 e. The second-order valence-corrected chi connectivity index (χ2v) is 6.34. The molecular formula is C14H30N2O. The molecule has 0 radical (unpaired) electrons. The molecule has 1 atom stereocenters. The van der Waals surface area contributed by atoms with Crippen molar-refractivity contribution < 1.29 is 4.74 Å².